The second kappa shape index (κ2) is 10.5. The van der Waals surface area contributed by atoms with E-state index in [1.165, 1.54) is 22.2 Å². The van der Waals surface area contributed by atoms with Gasteiger partial charge in [-0.15, -0.1) is 11.3 Å². The maximum absolute atomic E-state index is 14.1. The van der Waals surface area contributed by atoms with Gasteiger partial charge in [0.15, 0.2) is 0 Å². The fourth-order valence-electron chi connectivity index (χ4n) is 4.65. The number of fused-ring (bicyclic) bond motifs is 1. The second-order valence-corrected chi connectivity index (χ2v) is 11.0. The van der Waals surface area contributed by atoms with Gasteiger partial charge in [0.25, 0.3) is 5.56 Å². The van der Waals surface area contributed by atoms with E-state index in [1.54, 1.807) is 31.7 Å². The van der Waals surface area contributed by atoms with E-state index in [-0.39, 0.29) is 24.8 Å². The molecular weight excluding hydrogens is 508 g/mol. The van der Waals surface area contributed by atoms with E-state index in [2.05, 4.69) is 4.98 Å². The molecule has 2 atom stereocenters. The average molecular weight is 541 g/mol. The average Bonchev–Trinajstić information content (AvgIpc) is 3.52. The summed E-state index contributed by atoms with van der Waals surface area (Å²) < 4.78 is 26.0. The Morgan fingerprint density at radius 3 is 2.68 bits per heavy atom. The van der Waals surface area contributed by atoms with Crippen LogP contribution in [0, 0.1) is 6.92 Å². The lowest BCUT2D eigenvalue weighted by atomic mass is 10.1. The second-order valence-electron chi connectivity index (χ2n) is 9.97. The third-order valence-corrected chi connectivity index (χ3v) is 8.36. The Morgan fingerprint density at radius 1 is 1.29 bits per heavy atom. The van der Waals surface area contributed by atoms with E-state index in [0.29, 0.717) is 45.5 Å². The van der Waals surface area contributed by atoms with Crippen molar-refractivity contribution in [2.24, 2.45) is 5.73 Å². The van der Waals surface area contributed by atoms with Gasteiger partial charge in [-0.2, -0.15) is 0 Å². The van der Waals surface area contributed by atoms with Gasteiger partial charge in [0, 0.05) is 18.7 Å². The number of nitrogens with two attached hydrogens (primary N) is 1. The van der Waals surface area contributed by atoms with Gasteiger partial charge in [-0.3, -0.25) is 13.9 Å². The molecule has 0 amide bonds. The summed E-state index contributed by atoms with van der Waals surface area (Å²) in [7, 11) is 1.60. The molecule has 1 saturated heterocycles. The monoisotopic (exact) mass is 540 g/mol. The zero-order chi connectivity index (χ0) is 27.0. The van der Waals surface area contributed by atoms with Crippen molar-refractivity contribution in [1.82, 2.24) is 14.1 Å². The standard InChI is InChI=1S/C27H32N4O6S/c1-16-21-24(32)31(27(2,3)15-28)26(33)30(25(21)38-22(16)23-29-10-12-36-23)13-20(37-14-17-9-11-35-17)18-7-5-6-8-19(18)34-4/h5-8,10,12,17,20H,9,11,13-15,28H2,1-4H3/t17?,20-/m0/s1. The zero-order valence-electron chi connectivity index (χ0n) is 21.9. The van der Waals surface area contributed by atoms with Crippen LogP contribution < -0.4 is 21.7 Å². The quantitative estimate of drug-likeness (QED) is 0.325. The summed E-state index contributed by atoms with van der Waals surface area (Å²) in [5.74, 6) is 1.04. The first-order chi connectivity index (χ1) is 18.3. The van der Waals surface area contributed by atoms with Gasteiger partial charge in [0.05, 0.1) is 48.4 Å². The van der Waals surface area contributed by atoms with Gasteiger partial charge >= 0.3 is 5.69 Å². The molecule has 3 aromatic heterocycles. The molecule has 2 N–H and O–H groups in total. The van der Waals surface area contributed by atoms with Gasteiger partial charge in [0.1, 0.15) is 22.9 Å². The summed E-state index contributed by atoms with van der Waals surface area (Å²) in [4.78, 5) is 33.4. The summed E-state index contributed by atoms with van der Waals surface area (Å²) in [6.45, 7) is 6.75. The first-order valence-corrected chi connectivity index (χ1v) is 13.3. The lowest BCUT2D eigenvalue weighted by Crippen LogP contribution is -2.52. The highest BCUT2D eigenvalue weighted by molar-refractivity contribution is 7.22. The van der Waals surface area contributed by atoms with Crippen molar-refractivity contribution in [1.29, 1.82) is 0 Å². The summed E-state index contributed by atoms with van der Waals surface area (Å²) in [6.07, 6.45) is 3.42. The van der Waals surface area contributed by atoms with Crippen LogP contribution in [-0.4, -0.2) is 47.1 Å². The number of oxazole rings is 1. The predicted octanol–water partition coefficient (Wildman–Crippen LogP) is 3.44. The van der Waals surface area contributed by atoms with Gasteiger partial charge in [-0.25, -0.2) is 9.78 Å². The Hall–Kier alpha value is -3.25. The molecular formula is C27H32N4O6S. The van der Waals surface area contributed by atoms with Crippen molar-refractivity contribution < 1.29 is 18.6 Å². The number of ether oxygens (including phenoxy) is 3. The molecule has 0 aliphatic carbocycles. The fourth-order valence-corrected chi connectivity index (χ4v) is 5.89. The van der Waals surface area contributed by atoms with Crippen molar-refractivity contribution in [2.75, 3.05) is 26.9 Å². The van der Waals surface area contributed by atoms with Crippen LogP contribution >= 0.6 is 11.3 Å². The van der Waals surface area contributed by atoms with E-state index < -0.39 is 17.3 Å². The summed E-state index contributed by atoms with van der Waals surface area (Å²) in [6, 6.07) is 7.57. The maximum atomic E-state index is 14.1. The highest BCUT2D eigenvalue weighted by atomic mass is 32.1. The summed E-state index contributed by atoms with van der Waals surface area (Å²) in [5, 5.41) is 0.436. The van der Waals surface area contributed by atoms with Crippen molar-refractivity contribution in [3.63, 3.8) is 0 Å². The molecule has 4 aromatic rings. The highest BCUT2D eigenvalue weighted by Gasteiger charge is 2.31. The molecule has 202 valence electrons. The van der Waals surface area contributed by atoms with Gasteiger partial charge in [-0.05, 0) is 38.8 Å². The third kappa shape index (κ3) is 4.60. The number of hydrogen-bond donors (Lipinski definition) is 1. The Kier molecular flexibility index (Phi) is 7.28. The van der Waals surface area contributed by atoms with Crippen LogP contribution in [0.25, 0.3) is 21.0 Å². The summed E-state index contributed by atoms with van der Waals surface area (Å²) in [5.41, 5.74) is 5.78. The Bertz CT molecular complexity index is 1550. The first-order valence-electron chi connectivity index (χ1n) is 12.5. The van der Waals surface area contributed by atoms with Crippen molar-refractivity contribution in [2.45, 2.75) is 51.5 Å². The smallest absolute Gasteiger partial charge is 0.332 e. The molecule has 5 rings (SSSR count). The van der Waals surface area contributed by atoms with E-state index in [4.69, 9.17) is 24.4 Å². The summed E-state index contributed by atoms with van der Waals surface area (Å²) >= 11 is 1.30. The van der Waals surface area contributed by atoms with E-state index in [1.807, 2.05) is 31.2 Å². The van der Waals surface area contributed by atoms with Gasteiger partial charge in [0.2, 0.25) is 5.89 Å². The number of aryl methyl sites for hydroxylation is 1. The molecule has 0 radical (unpaired) electrons. The Labute approximate surface area is 223 Å². The SMILES string of the molecule is COc1ccccc1[C@H](Cn1c(=O)n(C(C)(C)CN)c(=O)c2c(C)c(-c3ncco3)sc21)OCC1CCO1. The molecule has 1 unspecified atom stereocenters. The van der Waals surface area contributed by atoms with Crippen LogP contribution in [0.1, 0.15) is 37.5 Å². The normalized spacial score (nSPS) is 16.5. The lowest BCUT2D eigenvalue weighted by molar-refractivity contribution is -0.112. The number of methoxy groups -OCH3 is 1. The Balaban J connectivity index is 1.72. The Morgan fingerprint density at radius 2 is 2.05 bits per heavy atom. The number of hydrogen-bond acceptors (Lipinski definition) is 9. The largest absolute Gasteiger partial charge is 0.496 e. The number of thiophene rings is 1. The number of nitrogens with zero attached hydrogens (tertiary/aromatic N) is 3. The zero-order valence-corrected chi connectivity index (χ0v) is 22.7. The minimum atomic E-state index is -0.915. The van der Waals surface area contributed by atoms with Gasteiger partial charge < -0.3 is 24.4 Å². The molecule has 0 spiro atoms. The third-order valence-electron chi connectivity index (χ3n) is 7.05. The van der Waals surface area contributed by atoms with Crippen molar-refractivity contribution in [3.8, 4) is 16.5 Å². The van der Waals surface area contributed by atoms with Gasteiger partial charge in [-0.1, -0.05) is 18.2 Å². The van der Waals surface area contributed by atoms with Crippen LogP contribution in [0.2, 0.25) is 0 Å². The molecule has 4 heterocycles. The molecule has 1 aliphatic heterocycles. The highest BCUT2D eigenvalue weighted by Crippen LogP contribution is 2.37. The van der Waals surface area contributed by atoms with Crippen LogP contribution in [0.4, 0.5) is 0 Å². The molecule has 1 aliphatic rings. The minimum Gasteiger partial charge on any atom is -0.496 e. The number of rotatable bonds is 10. The molecule has 38 heavy (non-hydrogen) atoms. The molecule has 11 heteroatoms. The van der Waals surface area contributed by atoms with E-state index in [9.17, 15) is 9.59 Å². The van der Waals surface area contributed by atoms with Crippen molar-refractivity contribution in [3.05, 3.63) is 68.7 Å². The molecule has 0 saturated carbocycles. The molecule has 0 bridgehead atoms. The number of para-hydroxylation sites is 1. The van der Waals surface area contributed by atoms with Crippen LogP contribution in [-0.2, 0) is 21.6 Å². The van der Waals surface area contributed by atoms with Crippen LogP contribution in [0.5, 0.6) is 5.75 Å². The van der Waals surface area contributed by atoms with E-state index in [0.717, 1.165) is 12.0 Å². The number of benzene rings is 1. The molecule has 10 nitrogen and oxygen atoms in total. The van der Waals surface area contributed by atoms with Crippen molar-refractivity contribution >= 4 is 21.6 Å². The number of aromatic nitrogens is 3. The maximum Gasteiger partial charge on any atom is 0.332 e. The lowest BCUT2D eigenvalue weighted by Gasteiger charge is -2.30. The topological polar surface area (TPSA) is 124 Å². The van der Waals surface area contributed by atoms with Crippen LogP contribution in [0.15, 0.2) is 50.7 Å². The fraction of sp³-hybridized carbons (Fsp3) is 0.444. The molecule has 1 fully saturated rings. The van der Waals surface area contributed by atoms with E-state index >= 15 is 0 Å². The molecule has 1 aromatic carbocycles. The first kappa shape index (κ1) is 26.4. The van der Waals surface area contributed by atoms with Crippen LogP contribution in [0.3, 0.4) is 0 Å². The predicted molar refractivity (Wildman–Crippen MR) is 145 cm³/mol. The minimum absolute atomic E-state index is 0.00897.